The first-order chi connectivity index (χ1) is 12.5. The molecule has 1 aliphatic rings. The summed E-state index contributed by atoms with van der Waals surface area (Å²) in [7, 11) is 1.63. The lowest BCUT2D eigenvalue weighted by Gasteiger charge is -2.30. The molecule has 1 unspecified atom stereocenters. The maximum Gasteiger partial charge on any atom is 0.335 e. The zero-order valence-electron chi connectivity index (χ0n) is 15.1. The third-order valence-electron chi connectivity index (χ3n) is 4.98. The van der Waals surface area contributed by atoms with Gasteiger partial charge >= 0.3 is 5.97 Å². The maximum absolute atomic E-state index is 12.7. The van der Waals surface area contributed by atoms with Gasteiger partial charge in [-0.1, -0.05) is 25.1 Å². The van der Waals surface area contributed by atoms with E-state index in [-0.39, 0.29) is 17.4 Å². The van der Waals surface area contributed by atoms with Crippen LogP contribution >= 0.6 is 0 Å². The molecule has 0 bridgehead atoms. The van der Waals surface area contributed by atoms with Crippen LogP contribution in [0.25, 0.3) is 0 Å². The first-order valence-electron chi connectivity index (χ1n) is 8.74. The summed E-state index contributed by atoms with van der Waals surface area (Å²) in [5, 5.41) is 9.15. The second-order valence-electron chi connectivity index (χ2n) is 6.73. The Balaban J connectivity index is 1.66. The van der Waals surface area contributed by atoms with Crippen molar-refractivity contribution < 1.29 is 19.4 Å². The highest BCUT2D eigenvalue weighted by Crippen LogP contribution is 2.25. The fourth-order valence-corrected chi connectivity index (χ4v) is 3.34. The van der Waals surface area contributed by atoms with E-state index in [0.29, 0.717) is 19.5 Å². The van der Waals surface area contributed by atoms with Crippen molar-refractivity contribution in [1.29, 1.82) is 0 Å². The van der Waals surface area contributed by atoms with E-state index < -0.39 is 5.97 Å². The number of carboxylic acid groups (broad SMARTS) is 1. The number of nitrogens with zero attached hydrogens (tertiary/aromatic N) is 1. The van der Waals surface area contributed by atoms with Gasteiger partial charge in [0.2, 0.25) is 5.91 Å². The average molecular weight is 353 g/mol. The molecule has 1 aliphatic heterocycles. The fourth-order valence-electron chi connectivity index (χ4n) is 3.34. The Morgan fingerprint density at radius 1 is 1.15 bits per heavy atom. The Hall–Kier alpha value is -2.82. The summed E-state index contributed by atoms with van der Waals surface area (Å²) >= 11 is 0. The number of rotatable bonds is 5. The Labute approximate surface area is 153 Å². The van der Waals surface area contributed by atoms with Crippen molar-refractivity contribution in [2.45, 2.75) is 32.2 Å². The summed E-state index contributed by atoms with van der Waals surface area (Å²) in [6.07, 6.45) is 1.19. The van der Waals surface area contributed by atoms with Crippen LogP contribution in [0.1, 0.15) is 46.3 Å². The number of benzene rings is 2. The minimum Gasteiger partial charge on any atom is -0.497 e. The number of aromatic carboxylic acids is 1. The highest BCUT2D eigenvalue weighted by atomic mass is 16.5. The van der Waals surface area contributed by atoms with Gasteiger partial charge in [0.1, 0.15) is 5.75 Å². The van der Waals surface area contributed by atoms with Crippen LogP contribution in [0.2, 0.25) is 0 Å². The first kappa shape index (κ1) is 18.0. The van der Waals surface area contributed by atoms with E-state index in [2.05, 4.69) is 0 Å². The van der Waals surface area contributed by atoms with Gasteiger partial charge in [-0.05, 0) is 53.3 Å². The van der Waals surface area contributed by atoms with Crippen LogP contribution in [0.15, 0.2) is 42.5 Å². The number of ether oxygens (including phenoxy) is 1. The van der Waals surface area contributed by atoms with Crippen molar-refractivity contribution in [3.63, 3.8) is 0 Å². The lowest BCUT2D eigenvalue weighted by molar-refractivity contribution is -0.132. The minimum absolute atomic E-state index is 0.0969. The van der Waals surface area contributed by atoms with Gasteiger partial charge in [0, 0.05) is 19.5 Å². The molecule has 0 fully saturated rings. The molecule has 0 radical (unpaired) electrons. The topological polar surface area (TPSA) is 66.8 Å². The average Bonchev–Trinajstić information content (AvgIpc) is 2.67. The number of fused-ring (bicyclic) bond motifs is 1. The van der Waals surface area contributed by atoms with E-state index in [1.807, 2.05) is 42.2 Å². The predicted octanol–water partition coefficient (Wildman–Crippen LogP) is 3.47. The number of amides is 1. The zero-order valence-corrected chi connectivity index (χ0v) is 15.1. The molecule has 0 spiro atoms. The summed E-state index contributed by atoms with van der Waals surface area (Å²) in [5.41, 5.74) is 3.43. The number of methoxy groups -OCH3 is 1. The number of carbonyl (C=O) groups excluding carboxylic acids is 1. The van der Waals surface area contributed by atoms with Gasteiger partial charge in [-0.25, -0.2) is 4.79 Å². The van der Waals surface area contributed by atoms with Gasteiger partial charge in [0.25, 0.3) is 0 Å². The van der Waals surface area contributed by atoms with Crippen LogP contribution in [0.3, 0.4) is 0 Å². The van der Waals surface area contributed by atoms with Gasteiger partial charge in [0.15, 0.2) is 0 Å². The Kier molecular flexibility index (Phi) is 5.26. The molecule has 26 heavy (non-hydrogen) atoms. The van der Waals surface area contributed by atoms with Crippen LogP contribution in [0.5, 0.6) is 5.75 Å². The number of carbonyl (C=O) groups is 2. The third-order valence-corrected chi connectivity index (χ3v) is 4.98. The smallest absolute Gasteiger partial charge is 0.335 e. The number of hydrogen-bond donors (Lipinski definition) is 1. The second-order valence-corrected chi connectivity index (χ2v) is 6.73. The van der Waals surface area contributed by atoms with Crippen molar-refractivity contribution in [3.05, 3.63) is 64.7 Å². The SMILES string of the molecule is COc1ccc(C(C)CC(=O)N2CCc3ccc(C(=O)O)cc3C2)cc1. The predicted molar refractivity (Wildman–Crippen MR) is 98.5 cm³/mol. The Morgan fingerprint density at radius 2 is 1.88 bits per heavy atom. The van der Waals surface area contributed by atoms with E-state index in [1.165, 1.54) is 0 Å². The first-order valence-corrected chi connectivity index (χ1v) is 8.74. The zero-order chi connectivity index (χ0) is 18.7. The maximum atomic E-state index is 12.7. The molecule has 0 aliphatic carbocycles. The van der Waals surface area contributed by atoms with E-state index >= 15 is 0 Å². The van der Waals surface area contributed by atoms with Crippen molar-refractivity contribution in [3.8, 4) is 5.75 Å². The van der Waals surface area contributed by atoms with Gasteiger partial charge in [0.05, 0.1) is 12.7 Å². The fraction of sp³-hybridized carbons (Fsp3) is 0.333. The molecule has 3 rings (SSSR count). The standard InChI is InChI=1S/C21H23NO4/c1-14(15-5-7-19(26-2)8-6-15)11-20(23)22-10-9-16-3-4-17(21(24)25)12-18(16)13-22/h3-8,12,14H,9-11,13H2,1-2H3,(H,24,25). The molecule has 1 heterocycles. The lowest BCUT2D eigenvalue weighted by atomic mass is 9.94. The van der Waals surface area contributed by atoms with Gasteiger partial charge < -0.3 is 14.7 Å². The van der Waals surface area contributed by atoms with E-state index in [1.54, 1.807) is 19.2 Å². The summed E-state index contributed by atoms with van der Waals surface area (Å²) < 4.78 is 5.17. The monoisotopic (exact) mass is 353 g/mol. The van der Waals surface area contributed by atoms with Crippen LogP contribution < -0.4 is 4.74 Å². The molecule has 1 atom stereocenters. The molecule has 2 aromatic carbocycles. The van der Waals surface area contributed by atoms with Crippen LogP contribution in [-0.2, 0) is 17.8 Å². The highest BCUT2D eigenvalue weighted by Gasteiger charge is 2.23. The molecule has 5 nitrogen and oxygen atoms in total. The van der Waals surface area contributed by atoms with Crippen LogP contribution in [0, 0.1) is 0 Å². The van der Waals surface area contributed by atoms with Crippen molar-refractivity contribution in [2.75, 3.05) is 13.7 Å². The summed E-state index contributed by atoms with van der Waals surface area (Å²) in [6.45, 7) is 3.19. The molecule has 1 N–H and O–H groups in total. The largest absolute Gasteiger partial charge is 0.497 e. The van der Waals surface area contributed by atoms with E-state index in [9.17, 15) is 9.59 Å². The molecule has 2 aromatic rings. The second kappa shape index (κ2) is 7.60. The van der Waals surface area contributed by atoms with Gasteiger partial charge in [-0.3, -0.25) is 4.79 Å². The normalized spacial score (nSPS) is 14.5. The molecule has 0 saturated carbocycles. The molecular weight excluding hydrogens is 330 g/mol. The van der Waals surface area contributed by atoms with Crippen molar-refractivity contribution in [1.82, 2.24) is 4.90 Å². The molecule has 0 saturated heterocycles. The summed E-state index contributed by atoms with van der Waals surface area (Å²) in [6, 6.07) is 13.0. The molecule has 136 valence electrons. The Bertz CT molecular complexity index is 813. The van der Waals surface area contributed by atoms with Crippen molar-refractivity contribution in [2.24, 2.45) is 0 Å². The number of carboxylic acids is 1. The Morgan fingerprint density at radius 3 is 2.54 bits per heavy atom. The van der Waals surface area contributed by atoms with Crippen LogP contribution in [-0.4, -0.2) is 35.5 Å². The van der Waals surface area contributed by atoms with Crippen molar-refractivity contribution >= 4 is 11.9 Å². The third kappa shape index (κ3) is 3.87. The number of hydrogen-bond acceptors (Lipinski definition) is 3. The van der Waals surface area contributed by atoms with Gasteiger partial charge in [-0.15, -0.1) is 0 Å². The quantitative estimate of drug-likeness (QED) is 0.894. The molecule has 0 aromatic heterocycles. The van der Waals surface area contributed by atoms with E-state index in [0.717, 1.165) is 28.9 Å². The lowest BCUT2D eigenvalue weighted by Crippen LogP contribution is -2.36. The van der Waals surface area contributed by atoms with E-state index in [4.69, 9.17) is 9.84 Å². The molecule has 5 heteroatoms. The summed E-state index contributed by atoms with van der Waals surface area (Å²) in [4.78, 5) is 25.7. The highest BCUT2D eigenvalue weighted by molar-refractivity contribution is 5.88. The van der Waals surface area contributed by atoms with Crippen LogP contribution in [0.4, 0.5) is 0 Å². The minimum atomic E-state index is -0.940. The molecule has 1 amide bonds. The summed E-state index contributed by atoms with van der Waals surface area (Å²) in [5.74, 6) is 0.0679. The van der Waals surface area contributed by atoms with Gasteiger partial charge in [-0.2, -0.15) is 0 Å². The molecular formula is C21H23NO4.